The van der Waals surface area contributed by atoms with Crippen molar-refractivity contribution < 1.29 is 9.59 Å². The molecule has 2 amide bonds. The molecule has 3 rings (SSSR count). The van der Waals surface area contributed by atoms with Crippen LogP contribution in [0, 0.1) is 5.92 Å². The van der Waals surface area contributed by atoms with Crippen LogP contribution in [0.25, 0.3) is 0 Å². The van der Waals surface area contributed by atoms with E-state index in [1.54, 1.807) is 41.9 Å². The summed E-state index contributed by atoms with van der Waals surface area (Å²) in [5.74, 6) is 0.302. The zero-order chi connectivity index (χ0) is 25.7. The standard InChI is InChI=1S/C23H23Cl4N5O2S/c1-12(2)8-19(29-22(34)15-6-4-13(24)9-17(15)27)21-30-31-23(32(21)3)35-11-20(33)28-18-10-14(25)5-7-16(18)26/h4-7,9-10,12,19H,8,11H2,1-3H3,(H,28,33)(H,29,34)/t19-/m1/s1. The molecule has 0 saturated carbocycles. The third-order valence-corrected chi connectivity index (χ3v) is 7.04. The van der Waals surface area contributed by atoms with Gasteiger partial charge in [-0.05, 0) is 48.7 Å². The Bertz CT molecular complexity index is 1230. The Morgan fingerprint density at radius 1 is 1.00 bits per heavy atom. The molecule has 0 spiro atoms. The summed E-state index contributed by atoms with van der Waals surface area (Å²) in [6, 6.07) is 9.13. The monoisotopic (exact) mass is 573 g/mol. The average Bonchev–Trinajstić information content (AvgIpc) is 3.14. The van der Waals surface area contributed by atoms with Gasteiger partial charge in [0.15, 0.2) is 11.0 Å². The van der Waals surface area contributed by atoms with Crippen molar-refractivity contribution in [1.29, 1.82) is 0 Å². The average molecular weight is 575 g/mol. The number of carbonyl (C=O) groups is 2. The SMILES string of the molecule is CC(C)C[C@@H](NC(=O)c1ccc(Cl)cc1Cl)c1nnc(SCC(=O)Nc2cc(Cl)ccc2Cl)n1C. The summed E-state index contributed by atoms with van der Waals surface area (Å²) in [6.45, 7) is 4.09. The van der Waals surface area contributed by atoms with E-state index < -0.39 is 6.04 Å². The van der Waals surface area contributed by atoms with E-state index in [-0.39, 0.29) is 28.5 Å². The highest BCUT2D eigenvalue weighted by atomic mass is 35.5. The second kappa shape index (κ2) is 12.3. The van der Waals surface area contributed by atoms with Gasteiger partial charge in [0.2, 0.25) is 5.91 Å². The Morgan fingerprint density at radius 3 is 2.37 bits per heavy atom. The van der Waals surface area contributed by atoms with Gasteiger partial charge in [0, 0.05) is 17.1 Å². The molecule has 3 aromatic rings. The smallest absolute Gasteiger partial charge is 0.253 e. The molecular weight excluding hydrogens is 552 g/mol. The lowest BCUT2D eigenvalue weighted by Gasteiger charge is -2.20. The molecule has 2 aromatic carbocycles. The Labute approximate surface area is 227 Å². The van der Waals surface area contributed by atoms with Crippen LogP contribution in [0.15, 0.2) is 41.6 Å². The van der Waals surface area contributed by atoms with E-state index in [1.807, 2.05) is 13.8 Å². The van der Waals surface area contributed by atoms with E-state index >= 15 is 0 Å². The second-order valence-electron chi connectivity index (χ2n) is 8.14. The van der Waals surface area contributed by atoms with Gasteiger partial charge in [-0.3, -0.25) is 9.59 Å². The predicted molar refractivity (Wildman–Crippen MR) is 143 cm³/mol. The number of hydrogen-bond acceptors (Lipinski definition) is 5. The zero-order valence-corrected chi connectivity index (χ0v) is 23.0. The van der Waals surface area contributed by atoms with Crippen molar-refractivity contribution in [2.75, 3.05) is 11.1 Å². The Hall–Kier alpha value is -1.97. The highest BCUT2D eigenvalue weighted by Gasteiger charge is 2.24. The van der Waals surface area contributed by atoms with Crippen LogP contribution in [0.5, 0.6) is 0 Å². The minimum atomic E-state index is -0.416. The molecule has 1 heterocycles. The van der Waals surface area contributed by atoms with Crippen molar-refractivity contribution in [3.8, 4) is 0 Å². The minimum Gasteiger partial charge on any atom is -0.342 e. The third kappa shape index (κ3) is 7.51. The molecule has 0 fully saturated rings. The van der Waals surface area contributed by atoms with Gasteiger partial charge in [-0.25, -0.2) is 0 Å². The number of thioether (sulfide) groups is 1. The molecule has 1 atom stereocenters. The van der Waals surface area contributed by atoms with Crippen LogP contribution < -0.4 is 10.6 Å². The van der Waals surface area contributed by atoms with Gasteiger partial charge in [0.05, 0.1) is 33.1 Å². The summed E-state index contributed by atoms with van der Waals surface area (Å²) >= 11 is 25.4. The Morgan fingerprint density at radius 2 is 1.69 bits per heavy atom. The van der Waals surface area contributed by atoms with Crippen molar-refractivity contribution in [2.24, 2.45) is 13.0 Å². The Kier molecular flexibility index (Phi) is 9.72. The van der Waals surface area contributed by atoms with E-state index in [0.29, 0.717) is 43.7 Å². The molecule has 0 unspecified atom stereocenters. The molecule has 2 N–H and O–H groups in total. The maximum absolute atomic E-state index is 12.9. The third-order valence-electron chi connectivity index (χ3n) is 4.90. The van der Waals surface area contributed by atoms with Gasteiger partial charge in [-0.15, -0.1) is 10.2 Å². The zero-order valence-electron chi connectivity index (χ0n) is 19.1. The lowest BCUT2D eigenvalue weighted by molar-refractivity contribution is -0.113. The number of hydrogen-bond donors (Lipinski definition) is 2. The maximum Gasteiger partial charge on any atom is 0.253 e. The predicted octanol–water partition coefficient (Wildman–Crippen LogP) is 6.68. The summed E-state index contributed by atoms with van der Waals surface area (Å²) < 4.78 is 1.76. The molecule has 1 aromatic heterocycles. The quantitative estimate of drug-likeness (QED) is 0.278. The van der Waals surface area contributed by atoms with Crippen molar-refractivity contribution >= 4 is 75.7 Å². The first-order valence-electron chi connectivity index (χ1n) is 10.6. The topological polar surface area (TPSA) is 88.9 Å². The summed E-state index contributed by atoms with van der Waals surface area (Å²) in [5.41, 5.74) is 0.752. The van der Waals surface area contributed by atoms with Gasteiger partial charge in [0.1, 0.15) is 0 Å². The minimum absolute atomic E-state index is 0.0798. The first-order valence-corrected chi connectivity index (χ1v) is 13.1. The van der Waals surface area contributed by atoms with Crippen LogP contribution in [0.3, 0.4) is 0 Å². The molecule has 35 heavy (non-hydrogen) atoms. The van der Waals surface area contributed by atoms with Gasteiger partial charge >= 0.3 is 0 Å². The molecule has 0 saturated heterocycles. The summed E-state index contributed by atoms with van der Waals surface area (Å²) in [7, 11) is 1.79. The number of amides is 2. The van der Waals surface area contributed by atoms with E-state index in [1.165, 1.54) is 17.8 Å². The highest BCUT2D eigenvalue weighted by Crippen LogP contribution is 2.28. The van der Waals surface area contributed by atoms with Gasteiger partial charge in [-0.2, -0.15) is 0 Å². The fourth-order valence-electron chi connectivity index (χ4n) is 3.27. The summed E-state index contributed by atoms with van der Waals surface area (Å²) in [6.07, 6.45) is 0.626. The van der Waals surface area contributed by atoms with E-state index in [4.69, 9.17) is 46.4 Å². The molecular formula is C23H23Cl4N5O2S. The van der Waals surface area contributed by atoms with Crippen LogP contribution >= 0.6 is 58.2 Å². The molecule has 0 bridgehead atoms. The van der Waals surface area contributed by atoms with E-state index in [2.05, 4.69) is 20.8 Å². The first-order chi connectivity index (χ1) is 16.5. The molecule has 0 aliphatic rings. The normalized spacial score (nSPS) is 12.0. The highest BCUT2D eigenvalue weighted by molar-refractivity contribution is 7.99. The number of carbonyl (C=O) groups excluding carboxylic acids is 2. The van der Waals surface area contributed by atoms with Crippen LogP contribution in [0.4, 0.5) is 5.69 Å². The van der Waals surface area contributed by atoms with Crippen LogP contribution in [0.2, 0.25) is 20.1 Å². The van der Waals surface area contributed by atoms with Gasteiger partial charge in [0.25, 0.3) is 5.91 Å². The van der Waals surface area contributed by atoms with Crippen molar-refractivity contribution in [2.45, 2.75) is 31.5 Å². The Balaban J connectivity index is 1.71. The van der Waals surface area contributed by atoms with Gasteiger partial charge in [-0.1, -0.05) is 72.0 Å². The van der Waals surface area contributed by atoms with Gasteiger partial charge < -0.3 is 15.2 Å². The molecule has 12 heteroatoms. The lowest BCUT2D eigenvalue weighted by atomic mass is 10.0. The fourth-order valence-corrected chi connectivity index (χ4v) is 4.82. The van der Waals surface area contributed by atoms with Crippen LogP contribution in [-0.2, 0) is 11.8 Å². The van der Waals surface area contributed by atoms with E-state index in [0.717, 1.165) is 0 Å². The molecule has 0 aliphatic carbocycles. The first kappa shape index (κ1) is 27.6. The molecule has 186 valence electrons. The largest absolute Gasteiger partial charge is 0.342 e. The van der Waals surface area contributed by atoms with Crippen molar-refractivity contribution in [1.82, 2.24) is 20.1 Å². The fraction of sp³-hybridized carbons (Fsp3) is 0.304. The maximum atomic E-state index is 12.9. The van der Waals surface area contributed by atoms with Crippen molar-refractivity contribution in [3.63, 3.8) is 0 Å². The number of aromatic nitrogens is 3. The van der Waals surface area contributed by atoms with E-state index in [9.17, 15) is 9.59 Å². The molecule has 0 aliphatic heterocycles. The number of benzene rings is 2. The van der Waals surface area contributed by atoms with Crippen LogP contribution in [-0.4, -0.2) is 32.3 Å². The lowest BCUT2D eigenvalue weighted by Crippen LogP contribution is -2.31. The molecule has 0 radical (unpaired) electrons. The molecule has 7 nitrogen and oxygen atoms in total. The summed E-state index contributed by atoms with van der Waals surface area (Å²) in [5, 5.41) is 16.3. The van der Waals surface area contributed by atoms with Crippen LogP contribution in [0.1, 0.15) is 42.5 Å². The number of rotatable bonds is 9. The second-order valence-corrected chi connectivity index (χ2v) is 10.8. The summed E-state index contributed by atoms with van der Waals surface area (Å²) in [4.78, 5) is 25.4. The number of nitrogens with zero attached hydrogens (tertiary/aromatic N) is 3. The van der Waals surface area contributed by atoms with Crippen molar-refractivity contribution in [3.05, 3.63) is 67.9 Å². The number of nitrogens with one attached hydrogen (secondary N) is 2. The number of anilines is 1. The number of halogens is 4.